The van der Waals surface area contributed by atoms with Gasteiger partial charge in [-0.2, -0.15) is 0 Å². The molecular weight excluding hydrogens is 264 g/mol. The van der Waals surface area contributed by atoms with Crippen LogP contribution in [0.4, 0.5) is 0 Å². The molecule has 0 saturated heterocycles. The third-order valence-electron chi connectivity index (χ3n) is 4.53. The summed E-state index contributed by atoms with van der Waals surface area (Å²) in [4.78, 5) is 2.41. The van der Waals surface area contributed by atoms with Gasteiger partial charge in [0.25, 0.3) is 0 Å². The summed E-state index contributed by atoms with van der Waals surface area (Å²) in [7, 11) is 4.19. The largest absolute Gasteiger partial charge is 0.454 e. The second kappa shape index (κ2) is 6.24. The van der Waals surface area contributed by atoms with Crippen LogP contribution in [0.1, 0.15) is 39.3 Å². The van der Waals surface area contributed by atoms with Crippen molar-refractivity contribution in [3.05, 3.63) is 23.8 Å². The molecule has 4 heteroatoms. The fourth-order valence-corrected chi connectivity index (χ4v) is 2.60. The van der Waals surface area contributed by atoms with E-state index in [9.17, 15) is 0 Å². The van der Waals surface area contributed by atoms with E-state index in [1.807, 2.05) is 13.1 Å². The van der Waals surface area contributed by atoms with Crippen LogP contribution in [-0.4, -0.2) is 38.4 Å². The van der Waals surface area contributed by atoms with Gasteiger partial charge in [0.05, 0.1) is 0 Å². The number of hydrogen-bond donors (Lipinski definition) is 1. The van der Waals surface area contributed by atoms with Crippen molar-refractivity contribution in [2.45, 2.75) is 39.8 Å². The normalized spacial score (nSPS) is 17.1. The molecule has 1 N–H and O–H groups in total. The molecule has 21 heavy (non-hydrogen) atoms. The number of fused-ring (bicyclic) bond motifs is 1. The lowest BCUT2D eigenvalue weighted by molar-refractivity contribution is 0.130. The van der Waals surface area contributed by atoms with Crippen LogP contribution >= 0.6 is 0 Å². The molecule has 0 bridgehead atoms. The Morgan fingerprint density at radius 1 is 1.24 bits per heavy atom. The van der Waals surface area contributed by atoms with Crippen molar-refractivity contribution in [3.63, 3.8) is 0 Å². The van der Waals surface area contributed by atoms with Gasteiger partial charge in [0.15, 0.2) is 11.5 Å². The second-order valence-corrected chi connectivity index (χ2v) is 6.94. The predicted octanol–water partition coefficient (Wildman–Crippen LogP) is 3.04. The fourth-order valence-electron chi connectivity index (χ4n) is 2.60. The van der Waals surface area contributed by atoms with Crippen LogP contribution in [-0.2, 0) is 0 Å². The molecule has 0 spiro atoms. The minimum atomic E-state index is 0.266. The SMILES string of the molecule is CNC(CN(C)C(C)C(C)(C)C)c1ccc2c(c1)OCO2. The highest BCUT2D eigenvalue weighted by atomic mass is 16.7. The minimum absolute atomic E-state index is 0.266. The van der Waals surface area contributed by atoms with Crippen molar-refractivity contribution in [1.29, 1.82) is 0 Å². The molecular formula is C17H28N2O2. The Balaban J connectivity index is 2.09. The van der Waals surface area contributed by atoms with Gasteiger partial charge in [0.1, 0.15) is 0 Å². The highest BCUT2D eigenvalue weighted by Gasteiger charge is 2.26. The van der Waals surface area contributed by atoms with Crippen molar-refractivity contribution in [1.82, 2.24) is 10.2 Å². The highest BCUT2D eigenvalue weighted by Crippen LogP contribution is 2.34. The van der Waals surface area contributed by atoms with E-state index < -0.39 is 0 Å². The summed E-state index contributed by atoms with van der Waals surface area (Å²) < 4.78 is 10.9. The van der Waals surface area contributed by atoms with Crippen molar-refractivity contribution >= 4 is 0 Å². The first-order valence-corrected chi connectivity index (χ1v) is 7.60. The first-order valence-electron chi connectivity index (χ1n) is 7.60. The third-order valence-corrected chi connectivity index (χ3v) is 4.53. The quantitative estimate of drug-likeness (QED) is 0.904. The van der Waals surface area contributed by atoms with Crippen molar-refractivity contribution in [2.75, 3.05) is 27.4 Å². The van der Waals surface area contributed by atoms with Gasteiger partial charge >= 0.3 is 0 Å². The molecule has 1 aliphatic rings. The number of nitrogens with zero attached hydrogens (tertiary/aromatic N) is 1. The minimum Gasteiger partial charge on any atom is -0.454 e. The highest BCUT2D eigenvalue weighted by molar-refractivity contribution is 5.45. The van der Waals surface area contributed by atoms with Crippen LogP contribution in [0.15, 0.2) is 18.2 Å². The van der Waals surface area contributed by atoms with E-state index in [-0.39, 0.29) is 11.5 Å². The van der Waals surface area contributed by atoms with Crippen molar-refractivity contribution < 1.29 is 9.47 Å². The van der Waals surface area contributed by atoms with Gasteiger partial charge in [0.2, 0.25) is 6.79 Å². The molecule has 0 radical (unpaired) electrons. The summed E-state index contributed by atoms with van der Waals surface area (Å²) in [5.74, 6) is 1.68. The van der Waals surface area contributed by atoms with E-state index in [1.165, 1.54) is 5.56 Å². The van der Waals surface area contributed by atoms with Crippen LogP contribution in [0.5, 0.6) is 11.5 Å². The van der Waals surface area contributed by atoms with Crippen LogP contribution in [0, 0.1) is 5.41 Å². The van der Waals surface area contributed by atoms with Crippen LogP contribution in [0.2, 0.25) is 0 Å². The summed E-state index contributed by atoms with van der Waals surface area (Å²) in [5, 5.41) is 3.41. The maximum absolute atomic E-state index is 5.48. The van der Waals surface area contributed by atoms with Gasteiger partial charge < -0.3 is 19.7 Å². The molecule has 4 nitrogen and oxygen atoms in total. The molecule has 0 aliphatic carbocycles. The number of hydrogen-bond acceptors (Lipinski definition) is 4. The lowest BCUT2D eigenvalue weighted by Gasteiger charge is -2.37. The average molecular weight is 292 g/mol. The fraction of sp³-hybridized carbons (Fsp3) is 0.647. The van der Waals surface area contributed by atoms with Gasteiger partial charge in [-0.1, -0.05) is 26.8 Å². The zero-order chi connectivity index (χ0) is 15.6. The predicted molar refractivity (Wildman–Crippen MR) is 85.9 cm³/mol. The first-order chi connectivity index (χ1) is 9.82. The van der Waals surface area contributed by atoms with E-state index in [0.717, 1.165) is 18.0 Å². The van der Waals surface area contributed by atoms with E-state index in [0.29, 0.717) is 12.8 Å². The van der Waals surface area contributed by atoms with Gasteiger partial charge in [-0.05, 0) is 44.1 Å². The smallest absolute Gasteiger partial charge is 0.231 e. The molecule has 0 fully saturated rings. The standard InChI is InChI=1S/C17H28N2O2/c1-12(17(2,3)4)19(6)10-14(18-5)13-7-8-15-16(9-13)21-11-20-15/h7-9,12,14,18H,10-11H2,1-6H3. The van der Waals surface area contributed by atoms with Gasteiger partial charge in [0, 0.05) is 18.6 Å². The molecule has 0 saturated carbocycles. The number of rotatable bonds is 5. The summed E-state index contributed by atoms with van der Waals surface area (Å²) in [6.45, 7) is 10.4. The number of ether oxygens (including phenoxy) is 2. The Kier molecular flexibility index (Phi) is 4.79. The lowest BCUT2D eigenvalue weighted by atomic mass is 9.87. The van der Waals surface area contributed by atoms with Crippen molar-refractivity contribution in [2.24, 2.45) is 5.41 Å². The van der Waals surface area contributed by atoms with Crippen LogP contribution < -0.4 is 14.8 Å². The lowest BCUT2D eigenvalue weighted by Crippen LogP contribution is -2.43. The van der Waals surface area contributed by atoms with Gasteiger partial charge in [-0.25, -0.2) is 0 Å². The maximum atomic E-state index is 5.48. The molecule has 1 aromatic carbocycles. The van der Waals surface area contributed by atoms with E-state index in [2.05, 4.69) is 57.1 Å². The Morgan fingerprint density at radius 2 is 1.90 bits per heavy atom. The van der Waals surface area contributed by atoms with Crippen LogP contribution in [0.25, 0.3) is 0 Å². The van der Waals surface area contributed by atoms with E-state index in [4.69, 9.17) is 9.47 Å². The Bertz CT molecular complexity index is 482. The number of nitrogens with one attached hydrogen (secondary N) is 1. The monoisotopic (exact) mass is 292 g/mol. The second-order valence-electron chi connectivity index (χ2n) is 6.94. The molecule has 118 valence electrons. The topological polar surface area (TPSA) is 33.7 Å². The molecule has 1 aromatic rings. The molecule has 1 heterocycles. The number of likely N-dealkylation sites (N-methyl/N-ethyl adjacent to an activating group) is 2. The Labute approximate surface area is 128 Å². The molecule has 2 rings (SSSR count). The first kappa shape index (κ1) is 16.1. The van der Waals surface area contributed by atoms with Gasteiger partial charge in [-0.3, -0.25) is 0 Å². The molecule has 2 unspecified atom stereocenters. The third kappa shape index (κ3) is 3.69. The van der Waals surface area contributed by atoms with E-state index >= 15 is 0 Å². The summed E-state index contributed by atoms with van der Waals surface area (Å²) in [6, 6.07) is 6.97. The average Bonchev–Trinajstić information content (AvgIpc) is 2.89. The van der Waals surface area contributed by atoms with E-state index in [1.54, 1.807) is 0 Å². The van der Waals surface area contributed by atoms with Crippen LogP contribution in [0.3, 0.4) is 0 Å². The molecule has 2 atom stereocenters. The number of benzene rings is 1. The summed E-state index contributed by atoms with van der Waals surface area (Å²) >= 11 is 0. The van der Waals surface area contributed by atoms with Crippen molar-refractivity contribution in [3.8, 4) is 11.5 Å². The van der Waals surface area contributed by atoms with Gasteiger partial charge in [-0.15, -0.1) is 0 Å². The maximum Gasteiger partial charge on any atom is 0.231 e. The molecule has 0 amide bonds. The zero-order valence-corrected chi connectivity index (χ0v) is 14.1. The summed E-state index contributed by atoms with van der Waals surface area (Å²) in [5.41, 5.74) is 1.50. The zero-order valence-electron chi connectivity index (χ0n) is 14.1. The molecule has 1 aliphatic heterocycles. The molecule has 0 aromatic heterocycles. The summed E-state index contributed by atoms with van der Waals surface area (Å²) in [6.07, 6.45) is 0. The Morgan fingerprint density at radius 3 is 2.52 bits per heavy atom. The Hall–Kier alpha value is -1.26.